The highest BCUT2D eigenvalue weighted by molar-refractivity contribution is 7.91. The third-order valence-corrected chi connectivity index (χ3v) is 5.51. The molecule has 18 heavy (non-hydrogen) atoms. The number of anilines is 1. The molecule has 5 nitrogen and oxygen atoms in total. The largest absolute Gasteiger partial charge is 0.346 e. The summed E-state index contributed by atoms with van der Waals surface area (Å²) < 4.78 is 22.7. The van der Waals surface area contributed by atoms with E-state index < -0.39 is 9.84 Å². The third kappa shape index (κ3) is 3.66. The van der Waals surface area contributed by atoms with Gasteiger partial charge in [-0.15, -0.1) is 11.3 Å². The molecule has 1 N–H and O–H groups in total. The fraction of sp³-hybridized carbons (Fsp3) is 0.727. The number of rotatable bonds is 4. The Labute approximate surface area is 112 Å². The van der Waals surface area contributed by atoms with Crippen LogP contribution in [-0.2, 0) is 16.4 Å². The summed E-state index contributed by atoms with van der Waals surface area (Å²) in [6.07, 6.45) is 1.87. The monoisotopic (exact) mass is 289 g/mol. The SMILES string of the molecule is CC(C)NCc1cnc(N2CCS(=O)(=O)CC2)s1. The van der Waals surface area contributed by atoms with Crippen molar-refractivity contribution in [3.8, 4) is 0 Å². The van der Waals surface area contributed by atoms with Crippen LogP contribution in [0.4, 0.5) is 5.13 Å². The molecule has 1 aromatic heterocycles. The van der Waals surface area contributed by atoms with Gasteiger partial charge in [-0.25, -0.2) is 13.4 Å². The van der Waals surface area contributed by atoms with Crippen LogP contribution in [-0.4, -0.2) is 44.0 Å². The molecule has 0 bridgehead atoms. The molecule has 0 atom stereocenters. The van der Waals surface area contributed by atoms with E-state index in [1.165, 1.54) is 4.88 Å². The van der Waals surface area contributed by atoms with Crippen molar-refractivity contribution in [1.82, 2.24) is 10.3 Å². The predicted octanol–water partition coefficient (Wildman–Crippen LogP) is 0.876. The second-order valence-electron chi connectivity index (χ2n) is 4.78. The Morgan fingerprint density at radius 1 is 1.44 bits per heavy atom. The first-order chi connectivity index (χ1) is 8.46. The first-order valence-electron chi connectivity index (χ1n) is 6.10. The van der Waals surface area contributed by atoms with Crippen LogP contribution in [0, 0.1) is 0 Å². The molecule has 1 aliphatic heterocycles. The average Bonchev–Trinajstić information content (AvgIpc) is 2.75. The van der Waals surface area contributed by atoms with Gasteiger partial charge in [-0.05, 0) is 0 Å². The molecule has 7 heteroatoms. The molecular formula is C11H19N3O2S2. The maximum absolute atomic E-state index is 11.4. The van der Waals surface area contributed by atoms with Crippen molar-refractivity contribution in [2.24, 2.45) is 0 Å². The first kappa shape index (κ1) is 13.8. The van der Waals surface area contributed by atoms with Crippen molar-refractivity contribution >= 4 is 26.3 Å². The molecule has 0 amide bonds. The molecule has 2 heterocycles. The van der Waals surface area contributed by atoms with Crippen molar-refractivity contribution in [2.75, 3.05) is 29.5 Å². The topological polar surface area (TPSA) is 62.3 Å². The van der Waals surface area contributed by atoms with Gasteiger partial charge in [-0.2, -0.15) is 0 Å². The lowest BCUT2D eigenvalue weighted by Gasteiger charge is -2.25. The van der Waals surface area contributed by atoms with E-state index in [-0.39, 0.29) is 11.5 Å². The van der Waals surface area contributed by atoms with E-state index in [0.717, 1.165) is 11.7 Å². The minimum atomic E-state index is -2.82. The van der Waals surface area contributed by atoms with Gasteiger partial charge in [0.1, 0.15) is 0 Å². The molecule has 0 radical (unpaired) electrons. The molecule has 2 rings (SSSR count). The molecule has 1 aromatic rings. The van der Waals surface area contributed by atoms with E-state index in [4.69, 9.17) is 0 Å². The zero-order valence-corrected chi connectivity index (χ0v) is 12.4. The zero-order valence-electron chi connectivity index (χ0n) is 10.7. The predicted molar refractivity (Wildman–Crippen MR) is 75.0 cm³/mol. The molecule has 0 spiro atoms. The maximum atomic E-state index is 11.4. The summed E-state index contributed by atoms with van der Waals surface area (Å²) in [6.45, 7) is 6.16. The van der Waals surface area contributed by atoms with E-state index >= 15 is 0 Å². The van der Waals surface area contributed by atoms with Crippen molar-refractivity contribution in [3.63, 3.8) is 0 Å². The Kier molecular flexibility index (Phi) is 4.24. The lowest BCUT2D eigenvalue weighted by atomic mass is 10.4. The lowest BCUT2D eigenvalue weighted by Crippen LogP contribution is -2.40. The van der Waals surface area contributed by atoms with Gasteiger partial charge in [0.15, 0.2) is 15.0 Å². The third-order valence-electron chi connectivity index (χ3n) is 2.84. The van der Waals surface area contributed by atoms with Gasteiger partial charge in [0, 0.05) is 36.8 Å². The second-order valence-corrected chi connectivity index (χ2v) is 8.18. The highest BCUT2D eigenvalue weighted by Gasteiger charge is 2.23. The number of sulfone groups is 1. The Morgan fingerprint density at radius 2 is 2.11 bits per heavy atom. The molecule has 0 aliphatic carbocycles. The zero-order chi connectivity index (χ0) is 13.2. The standard InChI is InChI=1S/C11H19N3O2S2/c1-9(2)12-7-10-8-13-11(17-10)14-3-5-18(15,16)6-4-14/h8-9,12H,3-7H2,1-2H3. The van der Waals surface area contributed by atoms with Crippen molar-refractivity contribution < 1.29 is 8.42 Å². The van der Waals surface area contributed by atoms with Crippen LogP contribution in [0.2, 0.25) is 0 Å². The Balaban J connectivity index is 1.94. The van der Waals surface area contributed by atoms with Gasteiger partial charge in [0.05, 0.1) is 11.5 Å². The molecule has 0 aromatic carbocycles. The maximum Gasteiger partial charge on any atom is 0.185 e. The molecule has 1 saturated heterocycles. The summed E-state index contributed by atoms with van der Waals surface area (Å²) in [6, 6.07) is 0.454. The Bertz CT molecular complexity index is 482. The summed E-state index contributed by atoms with van der Waals surface area (Å²) >= 11 is 1.64. The first-order valence-corrected chi connectivity index (χ1v) is 8.73. The Morgan fingerprint density at radius 3 is 2.72 bits per heavy atom. The summed E-state index contributed by atoms with van der Waals surface area (Å²) in [4.78, 5) is 7.62. The van der Waals surface area contributed by atoms with Gasteiger partial charge < -0.3 is 10.2 Å². The molecular weight excluding hydrogens is 270 g/mol. The van der Waals surface area contributed by atoms with Gasteiger partial charge in [-0.3, -0.25) is 0 Å². The molecule has 1 aliphatic rings. The summed E-state index contributed by atoms with van der Waals surface area (Å²) in [5, 5.41) is 4.28. The normalized spacial score (nSPS) is 19.4. The highest BCUT2D eigenvalue weighted by atomic mass is 32.2. The van der Waals surface area contributed by atoms with Crippen LogP contribution in [0.1, 0.15) is 18.7 Å². The summed E-state index contributed by atoms with van der Waals surface area (Å²) in [7, 11) is -2.82. The summed E-state index contributed by atoms with van der Waals surface area (Å²) in [5.41, 5.74) is 0. The van der Waals surface area contributed by atoms with Gasteiger partial charge >= 0.3 is 0 Å². The second kappa shape index (κ2) is 5.54. The molecule has 102 valence electrons. The van der Waals surface area contributed by atoms with E-state index in [9.17, 15) is 8.42 Å². The van der Waals surface area contributed by atoms with Gasteiger partial charge in [0.2, 0.25) is 0 Å². The quantitative estimate of drug-likeness (QED) is 0.891. The van der Waals surface area contributed by atoms with E-state index in [2.05, 4.69) is 29.0 Å². The summed E-state index contributed by atoms with van der Waals surface area (Å²) in [5.74, 6) is 0.484. The minimum Gasteiger partial charge on any atom is -0.346 e. The van der Waals surface area contributed by atoms with Gasteiger partial charge in [-0.1, -0.05) is 13.8 Å². The number of nitrogens with one attached hydrogen (secondary N) is 1. The number of nitrogens with zero attached hydrogens (tertiary/aromatic N) is 2. The van der Waals surface area contributed by atoms with Crippen LogP contribution in [0.3, 0.4) is 0 Å². The number of hydrogen-bond donors (Lipinski definition) is 1. The fourth-order valence-corrected chi connectivity index (χ4v) is 3.85. The minimum absolute atomic E-state index is 0.242. The van der Waals surface area contributed by atoms with E-state index in [1.54, 1.807) is 11.3 Å². The lowest BCUT2D eigenvalue weighted by molar-refractivity contribution is 0.586. The number of hydrogen-bond acceptors (Lipinski definition) is 6. The van der Waals surface area contributed by atoms with E-state index in [1.807, 2.05) is 6.20 Å². The van der Waals surface area contributed by atoms with Crippen molar-refractivity contribution in [1.29, 1.82) is 0 Å². The molecule has 1 fully saturated rings. The molecule has 0 unspecified atom stereocenters. The molecule has 0 saturated carbocycles. The van der Waals surface area contributed by atoms with E-state index in [0.29, 0.717) is 19.1 Å². The van der Waals surface area contributed by atoms with Crippen LogP contribution in [0.25, 0.3) is 0 Å². The number of aromatic nitrogens is 1. The fourth-order valence-electron chi connectivity index (χ4n) is 1.73. The van der Waals surface area contributed by atoms with Crippen LogP contribution in [0.15, 0.2) is 6.20 Å². The van der Waals surface area contributed by atoms with Crippen LogP contribution < -0.4 is 10.2 Å². The Hall–Kier alpha value is -0.660. The number of thiazole rings is 1. The van der Waals surface area contributed by atoms with Crippen LogP contribution in [0.5, 0.6) is 0 Å². The average molecular weight is 289 g/mol. The van der Waals surface area contributed by atoms with Crippen molar-refractivity contribution in [2.45, 2.75) is 26.4 Å². The van der Waals surface area contributed by atoms with Crippen molar-refractivity contribution in [3.05, 3.63) is 11.1 Å². The highest BCUT2D eigenvalue weighted by Crippen LogP contribution is 2.23. The van der Waals surface area contributed by atoms with Crippen LogP contribution >= 0.6 is 11.3 Å². The smallest absolute Gasteiger partial charge is 0.185 e. The van der Waals surface area contributed by atoms with Gasteiger partial charge in [0.25, 0.3) is 0 Å².